The number of fused-ring (bicyclic) bond motifs is 1. The molecule has 0 spiro atoms. The van der Waals surface area contributed by atoms with E-state index in [1.165, 1.54) is 12.1 Å². The number of hydrogen-bond acceptors (Lipinski definition) is 4. The molecule has 1 aliphatic rings. The fourth-order valence-corrected chi connectivity index (χ4v) is 4.56. The van der Waals surface area contributed by atoms with E-state index in [9.17, 15) is 14.4 Å². The lowest BCUT2D eigenvalue weighted by atomic mass is 9.99. The van der Waals surface area contributed by atoms with Crippen molar-refractivity contribution in [2.75, 3.05) is 4.90 Å². The molecular weight excluding hydrogens is 511 g/mol. The van der Waals surface area contributed by atoms with Crippen molar-refractivity contribution >= 4 is 63.6 Å². The first kappa shape index (κ1) is 24.6. The predicted molar refractivity (Wildman–Crippen MR) is 145 cm³/mol. The zero-order chi connectivity index (χ0) is 26.1. The Hall–Kier alpha value is -4.13. The van der Waals surface area contributed by atoms with Gasteiger partial charge >= 0.3 is 6.03 Å². The monoisotopic (exact) mass is 530 g/mol. The molecule has 1 N–H and O–H groups in total. The Morgan fingerprint density at radius 3 is 2.49 bits per heavy atom. The van der Waals surface area contributed by atoms with Crippen LogP contribution in [0.1, 0.15) is 16.7 Å². The van der Waals surface area contributed by atoms with Gasteiger partial charge in [-0.2, -0.15) is 0 Å². The molecule has 0 aliphatic carbocycles. The van der Waals surface area contributed by atoms with Gasteiger partial charge < -0.3 is 4.74 Å². The lowest BCUT2D eigenvalue weighted by molar-refractivity contribution is -0.122. The van der Waals surface area contributed by atoms with Crippen LogP contribution in [0.3, 0.4) is 0 Å². The molecule has 5 rings (SSSR count). The van der Waals surface area contributed by atoms with Crippen molar-refractivity contribution < 1.29 is 19.1 Å². The fraction of sp³-hybridized carbons (Fsp3) is 0.0690. The number of amides is 4. The second kappa shape index (κ2) is 10.1. The number of nitrogens with one attached hydrogen (secondary N) is 1. The highest BCUT2D eigenvalue weighted by Gasteiger charge is 2.37. The molecule has 1 aliphatic heterocycles. The molecule has 0 atom stereocenters. The average Bonchev–Trinajstić information content (AvgIpc) is 2.87. The largest absolute Gasteiger partial charge is 0.488 e. The second-order valence-electron chi connectivity index (χ2n) is 8.51. The molecule has 1 heterocycles. The fourth-order valence-electron chi connectivity index (χ4n) is 4.18. The number of nitrogens with zero attached hydrogens (tertiary/aromatic N) is 1. The first-order chi connectivity index (χ1) is 17.8. The normalized spacial score (nSPS) is 14.8. The lowest BCUT2D eigenvalue weighted by Crippen LogP contribution is -2.54. The molecule has 0 aromatic heterocycles. The summed E-state index contributed by atoms with van der Waals surface area (Å²) in [5, 5.41) is 4.89. The molecule has 0 unspecified atom stereocenters. The van der Waals surface area contributed by atoms with Crippen LogP contribution in [0.5, 0.6) is 5.75 Å². The number of halogens is 2. The molecule has 4 amide bonds. The summed E-state index contributed by atoms with van der Waals surface area (Å²) < 4.78 is 6.12. The van der Waals surface area contributed by atoms with E-state index in [0.29, 0.717) is 32.6 Å². The van der Waals surface area contributed by atoms with Gasteiger partial charge in [0, 0.05) is 15.6 Å². The van der Waals surface area contributed by atoms with E-state index >= 15 is 0 Å². The van der Waals surface area contributed by atoms with Crippen LogP contribution in [0.4, 0.5) is 10.5 Å². The highest BCUT2D eigenvalue weighted by molar-refractivity contribution is 6.40. The zero-order valence-electron chi connectivity index (χ0n) is 19.6. The average molecular weight is 531 g/mol. The van der Waals surface area contributed by atoms with Gasteiger partial charge in [0.15, 0.2) is 0 Å². The van der Waals surface area contributed by atoms with Gasteiger partial charge in [0.25, 0.3) is 11.8 Å². The number of barbiturate groups is 1. The van der Waals surface area contributed by atoms with Gasteiger partial charge in [-0.25, -0.2) is 9.69 Å². The molecule has 1 saturated heterocycles. The van der Waals surface area contributed by atoms with E-state index in [1.54, 1.807) is 37.3 Å². The van der Waals surface area contributed by atoms with E-state index in [4.69, 9.17) is 27.9 Å². The number of hydrogen-bond donors (Lipinski definition) is 1. The van der Waals surface area contributed by atoms with Crippen LogP contribution in [0.25, 0.3) is 16.8 Å². The number of carbonyl (C=O) groups is 3. The van der Waals surface area contributed by atoms with Gasteiger partial charge in [-0.1, -0.05) is 71.7 Å². The van der Waals surface area contributed by atoms with Crippen LogP contribution in [0.15, 0.2) is 84.4 Å². The summed E-state index contributed by atoms with van der Waals surface area (Å²) in [5.74, 6) is -1.08. The molecule has 1 fully saturated rings. The topological polar surface area (TPSA) is 75.7 Å². The summed E-state index contributed by atoms with van der Waals surface area (Å²) in [7, 11) is 0. The minimum absolute atomic E-state index is 0.206. The smallest absolute Gasteiger partial charge is 0.335 e. The summed E-state index contributed by atoms with van der Waals surface area (Å²) in [6, 6.07) is 22.6. The first-order valence-corrected chi connectivity index (χ1v) is 12.1. The summed E-state index contributed by atoms with van der Waals surface area (Å²) in [4.78, 5) is 40.1. The van der Waals surface area contributed by atoms with Crippen molar-refractivity contribution in [3.05, 3.63) is 111 Å². The summed E-state index contributed by atoms with van der Waals surface area (Å²) in [6.45, 7) is 1.97. The Morgan fingerprint density at radius 2 is 1.68 bits per heavy atom. The van der Waals surface area contributed by atoms with Crippen LogP contribution >= 0.6 is 23.2 Å². The van der Waals surface area contributed by atoms with E-state index in [2.05, 4.69) is 5.32 Å². The molecule has 8 heteroatoms. The maximum Gasteiger partial charge on any atom is 0.335 e. The number of rotatable bonds is 5. The van der Waals surface area contributed by atoms with E-state index in [0.717, 1.165) is 21.2 Å². The maximum absolute atomic E-state index is 13.6. The van der Waals surface area contributed by atoms with Crippen molar-refractivity contribution in [2.24, 2.45) is 0 Å². The van der Waals surface area contributed by atoms with E-state index < -0.39 is 17.8 Å². The standard InChI is InChI=1S/C29H20Cl2N2O4/c1-17-9-11-21(31)14-25(17)33-28(35)24(27(34)32-29(33)36)15-23-22-8-3-2-6-19(22)10-12-26(23)37-16-18-5-4-7-20(30)13-18/h2-15H,16H2,1H3,(H,32,34,36)/b24-15+. The van der Waals surface area contributed by atoms with Crippen molar-refractivity contribution in [3.8, 4) is 5.75 Å². The van der Waals surface area contributed by atoms with Crippen LogP contribution < -0.4 is 15.0 Å². The van der Waals surface area contributed by atoms with E-state index in [1.807, 2.05) is 42.5 Å². The summed E-state index contributed by atoms with van der Waals surface area (Å²) in [5.41, 5.74) is 2.14. The van der Waals surface area contributed by atoms with Crippen molar-refractivity contribution in [1.29, 1.82) is 0 Å². The number of anilines is 1. The Labute approximate surface area is 223 Å². The minimum atomic E-state index is -0.840. The van der Waals surface area contributed by atoms with Crippen molar-refractivity contribution in [1.82, 2.24) is 5.32 Å². The molecule has 4 aromatic carbocycles. The van der Waals surface area contributed by atoms with Crippen LogP contribution in [-0.2, 0) is 16.2 Å². The first-order valence-electron chi connectivity index (χ1n) is 11.4. The zero-order valence-corrected chi connectivity index (χ0v) is 21.1. The molecule has 0 radical (unpaired) electrons. The van der Waals surface area contributed by atoms with Gasteiger partial charge in [0.05, 0.1) is 5.69 Å². The Bertz CT molecular complexity index is 1610. The van der Waals surface area contributed by atoms with Gasteiger partial charge in [-0.15, -0.1) is 0 Å². The van der Waals surface area contributed by atoms with Crippen LogP contribution in [0, 0.1) is 6.92 Å². The highest BCUT2D eigenvalue weighted by atomic mass is 35.5. The Balaban J connectivity index is 1.60. The number of carbonyl (C=O) groups excluding carboxylic acids is 3. The molecule has 37 heavy (non-hydrogen) atoms. The van der Waals surface area contributed by atoms with Crippen molar-refractivity contribution in [3.63, 3.8) is 0 Å². The second-order valence-corrected chi connectivity index (χ2v) is 9.38. The van der Waals surface area contributed by atoms with Gasteiger partial charge in [-0.3, -0.25) is 14.9 Å². The summed E-state index contributed by atoms with van der Waals surface area (Å²) >= 11 is 12.2. The SMILES string of the molecule is Cc1ccc(Cl)cc1N1C(=O)NC(=O)/C(=C\c2c(OCc3cccc(Cl)c3)ccc3ccccc23)C1=O. The lowest BCUT2D eigenvalue weighted by Gasteiger charge is -2.28. The predicted octanol–water partition coefficient (Wildman–Crippen LogP) is 6.70. The highest BCUT2D eigenvalue weighted by Crippen LogP contribution is 2.33. The third-order valence-electron chi connectivity index (χ3n) is 6.02. The minimum Gasteiger partial charge on any atom is -0.488 e. The molecule has 6 nitrogen and oxygen atoms in total. The number of imide groups is 2. The van der Waals surface area contributed by atoms with Gasteiger partial charge in [-0.05, 0) is 65.2 Å². The molecular formula is C29H20Cl2N2O4. The molecule has 0 bridgehead atoms. The number of benzene rings is 4. The van der Waals surface area contributed by atoms with Gasteiger partial charge in [0.2, 0.25) is 0 Å². The van der Waals surface area contributed by atoms with Crippen LogP contribution in [-0.4, -0.2) is 17.8 Å². The maximum atomic E-state index is 13.6. The Morgan fingerprint density at radius 1 is 0.892 bits per heavy atom. The Kier molecular flexibility index (Phi) is 6.70. The number of urea groups is 1. The van der Waals surface area contributed by atoms with Gasteiger partial charge in [0.1, 0.15) is 17.9 Å². The number of ether oxygens (including phenoxy) is 1. The van der Waals surface area contributed by atoms with E-state index in [-0.39, 0.29) is 12.2 Å². The van der Waals surface area contributed by atoms with Crippen molar-refractivity contribution in [2.45, 2.75) is 13.5 Å². The number of aryl methyl sites for hydroxylation is 1. The molecule has 4 aromatic rings. The third-order valence-corrected chi connectivity index (χ3v) is 6.49. The third kappa shape index (κ3) is 4.94. The quantitative estimate of drug-likeness (QED) is 0.230. The summed E-state index contributed by atoms with van der Waals surface area (Å²) in [6.07, 6.45) is 1.46. The molecule has 0 saturated carbocycles. The van der Waals surface area contributed by atoms with Crippen LogP contribution in [0.2, 0.25) is 10.0 Å². The molecule has 184 valence electrons.